The van der Waals surface area contributed by atoms with Crippen molar-refractivity contribution in [2.75, 3.05) is 18.9 Å². The normalized spacial score (nSPS) is 11.3. The Morgan fingerprint density at radius 1 is 0.862 bits per heavy atom. The first-order valence-electron chi connectivity index (χ1n) is 10.2. The number of hydrogen-bond acceptors (Lipinski definition) is 2. The van der Waals surface area contributed by atoms with Gasteiger partial charge in [0.2, 0.25) is 5.91 Å². The van der Waals surface area contributed by atoms with Crippen LogP contribution in [0.15, 0.2) is 78.9 Å². The van der Waals surface area contributed by atoms with Crippen molar-refractivity contribution in [2.24, 2.45) is 0 Å². The smallest absolute Gasteiger partial charge is 0.238 e. The third kappa shape index (κ3) is 5.12. The van der Waals surface area contributed by atoms with Crippen LogP contribution in [0.4, 0.5) is 5.69 Å². The summed E-state index contributed by atoms with van der Waals surface area (Å²) in [7, 11) is 2.01. The molecule has 0 spiro atoms. The zero-order chi connectivity index (χ0) is 20.8. The van der Waals surface area contributed by atoms with Crippen LogP contribution < -0.4 is 5.32 Å². The first-order valence-corrected chi connectivity index (χ1v) is 10.2. The number of nitrogens with one attached hydrogen (secondary N) is 1. The molecule has 29 heavy (non-hydrogen) atoms. The van der Waals surface area contributed by atoms with E-state index in [9.17, 15) is 4.79 Å². The van der Waals surface area contributed by atoms with E-state index >= 15 is 0 Å². The molecule has 0 atom stereocenters. The van der Waals surface area contributed by atoms with E-state index in [4.69, 9.17) is 0 Å². The Labute approximate surface area is 174 Å². The summed E-state index contributed by atoms with van der Waals surface area (Å²) in [6.07, 6.45) is 0. The summed E-state index contributed by atoms with van der Waals surface area (Å²) < 4.78 is 0. The summed E-state index contributed by atoms with van der Waals surface area (Å²) in [5.74, 6) is 0.352. The van der Waals surface area contributed by atoms with Gasteiger partial charge in [-0.1, -0.05) is 92.7 Å². The minimum absolute atomic E-state index is 0.000521. The molecule has 0 aromatic heterocycles. The fraction of sp³-hybridized carbons (Fsp3) is 0.269. The number of rotatable bonds is 7. The van der Waals surface area contributed by atoms with Gasteiger partial charge in [-0.05, 0) is 42.1 Å². The van der Waals surface area contributed by atoms with Crippen LogP contribution >= 0.6 is 0 Å². The van der Waals surface area contributed by atoms with Gasteiger partial charge in [-0.25, -0.2) is 0 Å². The van der Waals surface area contributed by atoms with Gasteiger partial charge in [-0.15, -0.1) is 0 Å². The van der Waals surface area contributed by atoms with Crippen LogP contribution in [-0.4, -0.2) is 24.4 Å². The Bertz CT molecular complexity index is 896. The molecule has 0 saturated carbocycles. The highest BCUT2D eigenvalue weighted by atomic mass is 16.2. The zero-order valence-corrected chi connectivity index (χ0v) is 17.7. The quantitative estimate of drug-likeness (QED) is 0.558. The van der Waals surface area contributed by atoms with Crippen LogP contribution in [0.3, 0.4) is 0 Å². The van der Waals surface area contributed by atoms with Gasteiger partial charge in [-0.2, -0.15) is 0 Å². The number of hydrogen-bond donors (Lipinski definition) is 1. The van der Waals surface area contributed by atoms with Crippen LogP contribution in [0.1, 0.15) is 48.1 Å². The molecule has 3 nitrogen and oxygen atoms in total. The standard InChI is InChI=1S/C26H30N2O/c1-19(2)23-17-11-12-20(3)25(23)27-24(29)18-28(4)26(21-13-7-5-8-14-21)22-15-9-6-10-16-22/h5-17,19,26H,18H2,1-4H3,(H,27,29). The fourth-order valence-corrected chi connectivity index (χ4v) is 3.81. The first kappa shape index (κ1) is 20.8. The highest BCUT2D eigenvalue weighted by Gasteiger charge is 2.22. The second kappa shape index (κ2) is 9.53. The molecule has 0 heterocycles. The van der Waals surface area contributed by atoms with Crippen molar-refractivity contribution in [2.45, 2.75) is 32.7 Å². The number of benzene rings is 3. The van der Waals surface area contributed by atoms with E-state index < -0.39 is 0 Å². The molecule has 150 valence electrons. The Morgan fingerprint density at radius 2 is 1.41 bits per heavy atom. The van der Waals surface area contributed by atoms with Gasteiger partial charge in [0.1, 0.15) is 0 Å². The van der Waals surface area contributed by atoms with Crippen molar-refractivity contribution < 1.29 is 4.79 Å². The predicted molar refractivity (Wildman–Crippen MR) is 121 cm³/mol. The number of nitrogens with zero attached hydrogens (tertiary/aromatic N) is 1. The Balaban J connectivity index is 1.82. The summed E-state index contributed by atoms with van der Waals surface area (Å²) in [6.45, 7) is 6.65. The van der Waals surface area contributed by atoms with Gasteiger partial charge in [0.25, 0.3) is 0 Å². The number of carbonyl (C=O) groups excluding carboxylic acids is 1. The molecule has 3 aromatic rings. The third-order valence-electron chi connectivity index (χ3n) is 5.26. The summed E-state index contributed by atoms with van der Waals surface area (Å²) >= 11 is 0. The minimum atomic E-state index is 0.000521. The average molecular weight is 387 g/mol. The Kier molecular flexibility index (Phi) is 6.84. The van der Waals surface area contributed by atoms with Crippen molar-refractivity contribution in [3.8, 4) is 0 Å². The topological polar surface area (TPSA) is 32.3 Å². The predicted octanol–water partition coefficient (Wildman–Crippen LogP) is 5.78. The maximum absolute atomic E-state index is 13.0. The second-order valence-corrected chi connectivity index (χ2v) is 7.88. The highest BCUT2D eigenvalue weighted by Crippen LogP contribution is 2.29. The number of para-hydroxylation sites is 1. The fourth-order valence-electron chi connectivity index (χ4n) is 3.81. The van der Waals surface area contributed by atoms with Gasteiger partial charge in [0.05, 0.1) is 12.6 Å². The largest absolute Gasteiger partial charge is 0.324 e. The highest BCUT2D eigenvalue weighted by molar-refractivity contribution is 5.94. The maximum Gasteiger partial charge on any atom is 0.238 e. The Morgan fingerprint density at radius 3 is 1.93 bits per heavy atom. The molecule has 0 aliphatic rings. The van der Waals surface area contributed by atoms with Crippen LogP contribution in [0.2, 0.25) is 0 Å². The monoisotopic (exact) mass is 386 g/mol. The van der Waals surface area contributed by atoms with Gasteiger partial charge in [0.15, 0.2) is 0 Å². The summed E-state index contributed by atoms with van der Waals surface area (Å²) in [5, 5.41) is 3.17. The van der Waals surface area contributed by atoms with E-state index in [1.807, 2.05) is 62.5 Å². The molecule has 0 bridgehead atoms. The van der Waals surface area contributed by atoms with Gasteiger partial charge in [-0.3, -0.25) is 9.69 Å². The van der Waals surface area contributed by atoms with Gasteiger partial charge < -0.3 is 5.32 Å². The van der Waals surface area contributed by atoms with Crippen molar-refractivity contribution in [3.63, 3.8) is 0 Å². The number of likely N-dealkylation sites (N-methyl/N-ethyl adjacent to an activating group) is 1. The molecular weight excluding hydrogens is 356 g/mol. The molecule has 0 unspecified atom stereocenters. The molecule has 0 radical (unpaired) electrons. The van der Waals surface area contributed by atoms with Crippen LogP contribution in [0.25, 0.3) is 0 Å². The van der Waals surface area contributed by atoms with E-state index in [-0.39, 0.29) is 11.9 Å². The zero-order valence-electron chi connectivity index (χ0n) is 17.7. The molecule has 3 heteroatoms. The lowest BCUT2D eigenvalue weighted by Crippen LogP contribution is -2.34. The van der Waals surface area contributed by atoms with E-state index in [0.717, 1.165) is 11.3 Å². The lowest BCUT2D eigenvalue weighted by molar-refractivity contribution is -0.117. The van der Waals surface area contributed by atoms with Gasteiger partial charge >= 0.3 is 0 Å². The number of aryl methyl sites for hydroxylation is 1. The molecule has 0 aliphatic carbocycles. The molecule has 3 rings (SSSR count). The number of anilines is 1. The summed E-state index contributed by atoms with van der Waals surface area (Å²) in [4.78, 5) is 15.1. The minimum Gasteiger partial charge on any atom is -0.324 e. The van der Waals surface area contributed by atoms with Crippen molar-refractivity contribution >= 4 is 11.6 Å². The molecule has 1 amide bonds. The number of carbonyl (C=O) groups is 1. The van der Waals surface area contributed by atoms with Crippen molar-refractivity contribution in [1.82, 2.24) is 4.90 Å². The first-order chi connectivity index (χ1) is 14.0. The molecule has 0 fully saturated rings. The van der Waals surface area contributed by atoms with Crippen LogP contribution in [0.5, 0.6) is 0 Å². The summed E-state index contributed by atoms with van der Waals surface area (Å²) in [6, 6.07) is 26.9. The van der Waals surface area contributed by atoms with E-state index in [0.29, 0.717) is 12.5 Å². The van der Waals surface area contributed by atoms with Crippen molar-refractivity contribution in [3.05, 3.63) is 101 Å². The SMILES string of the molecule is Cc1cccc(C(C)C)c1NC(=O)CN(C)C(c1ccccc1)c1ccccc1. The number of amides is 1. The third-order valence-corrected chi connectivity index (χ3v) is 5.26. The van der Waals surface area contributed by atoms with Crippen molar-refractivity contribution in [1.29, 1.82) is 0 Å². The lowest BCUT2D eigenvalue weighted by Gasteiger charge is -2.29. The van der Waals surface area contributed by atoms with Crippen LogP contribution in [-0.2, 0) is 4.79 Å². The van der Waals surface area contributed by atoms with E-state index in [1.165, 1.54) is 16.7 Å². The molecule has 0 aliphatic heterocycles. The van der Waals surface area contributed by atoms with E-state index in [2.05, 4.69) is 54.4 Å². The van der Waals surface area contributed by atoms with Crippen LogP contribution in [0, 0.1) is 6.92 Å². The van der Waals surface area contributed by atoms with E-state index in [1.54, 1.807) is 0 Å². The maximum atomic E-state index is 13.0. The average Bonchev–Trinajstić information content (AvgIpc) is 2.71. The van der Waals surface area contributed by atoms with Gasteiger partial charge in [0, 0.05) is 5.69 Å². The lowest BCUT2D eigenvalue weighted by atomic mass is 9.97. The Hall–Kier alpha value is -2.91. The second-order valence-electron chi connectivity index (χ2n) is 7.88. The molecule has 0 saturated heterocycles. The molecule has 3 aromatic carbocycles. The molecular formula is C26H30N2O. The summed E-state index contributed by atoms with van der Waals surface area (Å²) in [5.41, 5.74) is 5.55. The molecule has 1 N–H and O–H groups in total.